The Balaban J connectivity index is 2.46. The van der Waals surface area contributed by atoms with Gasteiger partial charge in [-0.05, 0) is 31.1 Å². The van der Waals surface area contributed by atoms with E-state index in [1.165, 1.54) is 51.4 Å². The van der Waals surface area contributed by atoms with E-state index in [0.29, 0.717) is 25.7 Å². The Labute approximate surface area is 190 Å². The molecule has 0 aromatic rings. The van der Waals surface area contributed by atoms with Crippen molar-refractivity contribution in [2.45, 2.75) is 124 Å². The van der Waals surface area contributed by atoms with E-state index >= 15 is 0 Å². The molecule has 0 aromatic heterocycles. The highest BCUT2D eigenvalue weighted by Gasteiger charge is 2.62. The Morgan fingerprint density at radius 1 is 0.774 bits per heavy atom. The lowest BCUT2D eigenvalue weighted by molar-refractivity contribution is -0.182. The predicted molar refractivity (Wildman–Crippen MR) is 128 cm³/mol. The molecule has 180 valence electrons. The largest absolute Gasteiger partial charge is 0.481 e. The average Bonchev–Trinajstić information content (AvgIpc) is 2.73. The summed E-state index contributed by atoms with van der Waals surface area (Å²) in [7, 11) is 0. The third-order valence-electron chi connectivity index (χ3n) is 7.81. The molecule has 0 radical (unpaired) electrons. The molecule has 0 aromatic carbocycles. The minimum absolute atomic E-state index is 0.174. The van der Waals surface area contributed by atoms with E-state index in [0.717, 1.165) is 25.2 Å². The van der Waals surface area contributed by atoms with E-state index in [1.807, 2.05) is 26.0 Å². The van der Waals surface area contributed by atoms with E-state index in [2.05, 4.69) is 13.8 Å². The number of hydrogen-bond donors (Lipinski definition) is 2. The van der Waals surface area contributed by atoms with Gasteiger partial charge in [0.2, 0.25) is 0 Å². The fourth-order valence-corrected chi connectivity index (χ4v) is 5.56. The lowest BCUT2D eigenvalue weighted by atomic mass is 9.50. The van der Waals surface area contributed by atoms with Gasteiger partial charge < -0.3 is 10.2 Å². The monoisotopic (exact) mass is 436 g/mol. The maximum absolute atomic E-state index is 12.5. The molecule has 0 aliphatic heterocycles. The van der Waals surface area contributed by atoms with Gasteiger partial charge >= 0.3 is 11.9 Å². The molecule has 2 N–H and O–H groups in total. The summed E-state index contributed by atoms with van der Waals surface area (Å²) in [6.07, 6.45) is 18.9. The van der Waals surface area contributed by atoms with Crippen molar-refractivity contribution in [1.82, 2.24) is 0 Å². The number of allylic oxidation sites excluding steroid dienone is 2. The SMILES string of the molecule is CCC(C)C1(C(=O)O)CC=CCC1(CCCCCCCCCCCCC(C)C)C(=O)O. The third-order valence-corrected chi connectivity index (χ3v) is 7.81. The number of unbranched alkanes of at least 4 members (excludes halogenated alkanes) is 9. The van der Waals surface area contributed by atoms with Gasteiger partial charge in [-0.2, -0.15) is 0 Å². The van der Waals surface area contributed by atoms with Gasteiger partial charge in [0.15, 0.2) is 0 Å². The molecule has 0 spiro atoms. The second-order valence-corrected chi connectivity index (χ2v) is 10.3. The molecule has 1 rings (SSSR count). The van der Waals surface area contributed by atoms with Gasteiger partial charge in [-0.3, -0.25) is 9.59 Å². The Hall–Kier alpha value is -1.32. The van der Waals surface area contributed by atoms with Crippen LogP contribution in [0.1, 0.15) is 124 Å². The van der Waals surface area contributed by atoms with Crippen LogP contribution < -0.4 is 0 Å². The van der Waals surface area contributed by atoms with Gasteiger partial charge in [-0.15, -0.1) is 0 Å². The zero-order valence-electron chi connectivity index (χ0n) is 20.6. The standard InChI is InChI=1S/C27H48O4/c1-5-23(4)27(25(30)31)21-17-16-20-26(27,24(28)29)19-15-13-11-9-7-6-8-10-12-14-18-22(2)3/h16-17,22-23H,5-15,18-21H2,1-4H3,(H,28,29)(H,30,31). The summed E-state index contributed by atoms with van der Waals surface area (Å²) in [5.41, 5.74) is -2.41. The fourth-order valence-electron chi connectivity index (χ4n) is 5.56. The number of rotatable bonds is 17. The summed E-state index contributed by atoms with van der Waals surface area (Å²) in [4.78, 5) is 24.9. The number of carboxylic acid groups (broad SMARTS) is 2. The Kier molecular flexibility index (Phi) is 12.5. The van der Waals surface area contributed by atoms with Crippen LogP contribution in [0.15, 0.2) is 12.2 Å². The van der Waals surface area contributed by atoms with E-state index < -0.39 is 22.8 Å². The summed E-state index contributed by atoms with van der Waals surface area (Å²) >= 11 is 0. The first-order valence-corrected chi connectivity index (χ1v) is 12.9. The number of carboxylic acids is 2. The normalized spacial score (nSPS) is 24.4. The molecule has 0 heterocycles. The van der Waals surface area contributed by atoms with Crippen LogP contribution >= 0.6 is 0 Å². The van der Waals surface area contributed by atoms with Gasteiger partial charge in [-0.25, -0.2) is 0 Å². The number of aliphatic carboxylic acids is 2. The van der Waals surface area contributed by atoms with Crippen LogP contribution in [-0.2, 0) is 9.59 Å². The van der Waals surface area contributed by atoms with Gasteiger partial charge in [0, 0.05) is 0 Å². The molecule has 0 saturated carbocycles. The van der Waals surface area contributed by atoms with Crippen molar-refractivity contribution in [1.29, 1.82) is 0 Å². The topological polar surface area (TPSA) is 74.6 Å². The van der Waals surface area contributed by atoms with Crippen molar-refractivity contribution in [2.75, 3.05) is 0 Å². The highest BCUT2D eigenvalue weighted by molar-refractivity contribution is 5.87. The maximum atomic E-state index is 12.5. The van der Waals surface area contributed by atoms with Crippen LogP contribution in [0.5, 0.6) is 0 Å². The molecule has 1 aliphatic carbocycles. The summed E-state index contributed by atoms with van der Waals surface area (Å²) in [6.45, 7) is 8.45. The first-order chi connectivity index (χ1) is 14.7. The minimum Gasteiger partial charge on any atom is -0.481 e. The van der Waals surface area contributed by atoms with Gasteiger partial charge in [0.05, 0.1) is 10.8 Å². The fraction of sp³-hybridized carbons (Fsp3) is 0.852. The molecular weight excluding hydrogens is 388 g/mol. The molecule has 0 amide bonds. The van der Waals surface area contributed by atoms with Gasteiger partial charge in [-0.1, -0.05) is 117 Å². The van der Waals surface area contributed by atoms with Crippen LogP contribution in [0.4, 0.5) is 0 Å². The lowest BCUT2D eigenvalue weighted by Crippen LogP contribution is -2.56. The minimum atomic E-state index is -1.21. The van der Waals surface area contributed by atoms with Gasteiger partial charge in [0.1, 0.15) is 0 Å². The zero-order valence-corrected chi connectivity index (χ0v) is 20.6. The first-order valence-electron chi connectivity index (χ1n) is 12.9. The van der Waals surface area contributed by atoms with Crippen LogP contribution in [0.3, 0.4) is 0 Å². The van der Waals surface area contributed by atoms with Crippen LogP contribution in [-0.4, -0.2) is 22.2 Å². The maximum Gasteiger partial charge on any atom is 0.311 e. The molecule has 0 bridgehead atoms. The van der Waals surface area contributed by atoms with Crippen molar-refractivity contribution in [3.63, 3.8) is 0 Å². The molecular formula is C27H48O4. The molecule has 0 saturated heterocycles. The summed E-state index contributed by atoms with van der Waals surface area (Å²) in [5.74, 6) is -1.23. The Bertz CT molecular complexity index is 568. The molecule has 1 aliphatic rings. The van der Waals surface area contributed by atoms with Crippen molar-refractivity contribution >= 4 is 11.9 Å². The zero-order chi connectivity index (χ0) is 23.3. The molecule has 3 unspecified atom stereocenters. The van der Waals surface area contributed by atoms with Crippen molar-refractivity contribution in [3.8, 4) is 0 Å². The summed E-state index contributed by atoms with van der Waals surface area (Å²) in [6, 6.07) is 0. The van der Waals surface area contributed by atoms with E-state index in [9.17, 15) is 19.8 Å². The first kappa shape index (κ1) is 27.7. The molecule has 4 heteroatoms. The third kappa shape index (κ3) is 7.36. The number of hydrogen-bond acceptors (Lipinski definition) is 2. The van der Waals surface area contributed by atoms with Crippen molar-refractivity contribution < 1.29 is 19.8 Å². The summed E-state index contributed by atoms with van der Waals surface area (Å²) < 4.78 is 0. The van der Waals surface area contributed by atoms with Crippen LogP contribution in [0.2, 0.25) is 0 Å². The molecule has 0 fully saturated rings. The Morgan fingerprint density at radius 2 is 1.26 bits per heavy atom. The van der Waals surface area contributed by atoms with E-state index in [4.69, 9.17) is 0 Å². The van der Waals surface area contributed by atoms with Crippen LogP contribution in [0, 0.1) is 22.7 Å². The summed E-state index contributed by atoms with van der Waals surface area (Å²) in [5, 5.41) is 20.4. The number of carbonyl (C=O) groups is 2. The second-order valence-electron chi connectivity index (χ2n) is 10.3. The predicted octanol–water partition coefficient (Wildman–Crippen LogP) is 7.86. The van der Waals surface area contributed by atoms with E-state index in [-0.39, 0.29) is 5.92 Å². The van der Waals surface area contributed by atoms with E-state index in [1.54, 1.807) is 0 Å². The molecule has 31 heavy (non-hydrogen) atoms. The Morgan fingerprint density at radius 3 is 1.71 bits per heavy atom. The highest BCUT2D eigenvalue weighted by atomic mass is 16.4. The molecule has 4 nitrogen and oxygen atoms in total. The smallest absolute Gasteiger partial charge is 0.311 e. The van der Waals surface area contributed by atoms with Gasteiger partial charge in [0.25, 0.3) is 0 Å². The van der Waals surface area contributed by atoms with Crippen molar-refractivity contribution in [3.05, 3.63) is 12.2 Å². The quantitative estimate of drug-likeness (QED) is 0.180. The second kappa shape index (κ2) is 14.0. The molecule has 3 atom stereocenters. The van der Waals surface area contributed by atoms with Crippen LogP contribution in [0.25, 0.3) is 0 Å². The van der Waals surface area contributed by atoms with Crippen molar-refractivity contribution in [2.24, 2.45) is 22.7 Å². The average molecular weight is 437 g/mol. The lowest BCUT2D eigenvalue weighted by Gasteiger charge is -2.50. The highest BCUT2D eigenvalue weighted by Crippen LogP contribution is 2.57.